The molecule has 3 rings (SSSR count). The monoisotopic (exact) mass is 272 g/mol. The van der Waals surface area contributed by atoms with Gasteiger partial charge in [-0.3, -0.25) is 14.4 Å². The molecule has 1 heterocycles. The van der Waals surface area contributed by atoms with E-state index in [4.69, 9.17) is 4.74 Å². The third kappa shape index (κ3) is 1.83. The topological polar surface area (TPSA) is 63.7 Å². The number of hydrogen-bond acceptors (Lipinski definition) is 4. The van der Waals surface area contributed by atoms with Gasteiger partial charge in [-0.15, -0.1) is 0 Å². The maximum atomic E-state index is 12.3. The van der Waals surface area contributed by atoms with Crippen LogP contribution in [0.1, 0.15) is 37.0 Å². The van der Waals surface area contributed by atoms with Crippen LogP contribution in [-0.4, -0.2) is 29.1 Å². The van der Waals surface area contributed by atoms with Crippen molar-refractivity contribution in [2.45, 2.75) is 38.4 Å². The maximum Gasteiger partial charge on any atom is 0.218 e. The van der Waals surface area contributed by atoms with Gasteiger partial charge in [0, 0.05) is 18.4 Å². The van der Waals surface area contributed by atoms with E-state index >= 15 is 0 Å². The summed E-state index contributed by atoms with van der Waals surface area (Å²) in [7, 11) is 0. The van der Waals surface area contributed by atoms with Gasteiger partial charge >= 0.3 is 0 Å². The van der Waals surface area contributed by atoms with Crippen molar-refractivity contribution < 1.29 is 19.1 Å². The van der Waals surface area contributed by atoms with Gasteiger partial charge in [-0.2, -0.15) is 0 Å². The number of rotatable bonds is 2. The molecule has 0 radical (unpaired) electrons. The Hall–Kier alpha value is -1.81. The fourth-order valence-electron chi connectivity index (χ4n) is 2.92. The molecular weight excluding hydrogens is 256 g/mol. The van der Waals surface area contributed by atoms with Gasteiger partial charge in [0.1, 0.15) is 0 Å². The van der Waals surface area contributed by atoms with E-state index in [1.165, 1.54) is 0 Å². The second kappa shape index (κ2) is 4.09. The largest absolute Gasteiger partial charge is 0.341 e. The van der Waals surface area contributed by atoms with E-state index in [1.54, 1.807) is 30.3 Å². The molecule has 4 heteroatoms. The van der Waals surface area contributed by atoms with Crippen LogP contribution in [0, 0.1) is 5.41 Å². The van der Waals surface area contributed by atoms with Crippen LogP contribution < -0.4 is 0 Å². The molecule has 4 nitrogen and oxygen atoms in total. The average molecular weight is 272 g/mol. The first-order chi connectivity index (χ1) is 9.37. The predicted octanol–water partition coefficient (Wildman–Crippen LogP) is 1.97. The molecule has 0 bridgehead atoms. The minimum Gasteiger partial charge on any atom is -0.341 e. The highest BCUT2D eigenvalue weighted by Crippen LogP contribution is 2.49. The standard InChI is InChI=1S/C16H16O4/c1-15(2)8-11(17)16(12(18)9-15)14(20-16)13(19)10-6-4-3-5-7-10/h3-7,14H,8-9H2,1-2H3/t14-/m0/s1. The fraction of sp³-hybridized carbons (Fsp3) is 0.438. The molecule has 1 saturated heterocycles. The molecule has 0 aromatic heterocycles. The number of carbonyl (C=O) groups is 3. The lowest BCUT2D eigenvalue weighted by Crippen LogP contribution is -2.47. The summed E-state index contributed by atoms with van der Waals surface area (Å²) in [6.07, 6.45) is -0.379. The summed E-state index contributed by atoms with van der Waals surface area (Å²) in [5.41, 5.74) is -1.35. The highest BCUT2D eigenvalue weighted by Gasteiger charge is 2.72. The summed E-state index contributed by atoms with van der Waals surface area (Å²) in [6, 6.07) is 8.63. The van der Waals surface area contributed by atoms with Crippen molar-refractivity contribution in [2.24, 2.45) is 5.41 Å². The molecule has 0 unspecified atom stereocenters. The number of Topliss-reactive ketones (excluding diaryl/α,β-unsaturated/α-hetero) is 3. The zero-order valence-corrected chi connectivity index (χ0v) is 11.5. The van der Waals surface area contributed by atoms with E-state index in [-0.39, 0.29) is 35.6 Å². The molecule has 0 amide bonds. The van der Waals surface area contributed by atoms with E-state index in [9.17, 15) is 14.4 Å². The molecule has 2 aliphatic rings. The molecule has 1 spiro atoms. The average Bonchev–Trinajstić information content (AvgIpc) is 3.13. The molecule has 0 N–H and O–H groups in total. The summed E-state index contributed by atoms with van der Waals surface area (Å²) in [5, 5.41) is 0. The third-order valence-corrected chi connectivity index (χ3v) is 4.02. The van der Waals surface area contributed by atoms with Crippen molar-refractivity contribution in [3.05, 3.63) is 35.9 Å². The molecule has 1 aliphatic heterocycles. The van der Waals surface area contributed by atoms with Crippen molar-refractivity contribution in [2.75, 3.05) is 0 Å². The van der Waals surface area contributed by atoms with Gasteiger partial charge in [-0.25, -0.2) is 0 Å². The smallest absolute Gasteiger partial charge is 0.218 e. The fourth-order valence-corrected chi connectivity index (χ4v) is 2.92. The third-order valence-electron chi connectivity index (χ3n) is 4.02. The van der Waals surface area contributed by atoms with E-state index in [0.29, 0.717) is 5.56 Å². The van der Waals surface area contributed by atoms with E-state index in [2.05, 4.69) is 0 Å². The second-order valence-electron chi connectivity index (χ2n) is 6.33. The van der Waals surface area contributed by atoms with Gasteiger partial charge in [-0.05, 0) is 5.41 Å². The molecule has 1 saturated carbocycles. The quantitative estimate of drug-likeness (QED) is 0.469. The normalized spacial score (nSPS) is 26.6. The van der Waals surface area contributed by atoms with Gasteiger partial charge in [0.25, 0.3) is 0 Å². The summed E-state index contributed by atoms with van der Waals surface area (Å²) in [4.78, 5) is 36.8. The lowest BCUT2D eigenvalue weighted by atomic mass is 9.70. The minimum absolute atomic E-state index is 0.256. The van der Waals surface area contributed by atoms with Gasteiger partial charge in [0.15, 0.2) is 23.5 Å². The van der Waals surface area contributed by atoms with Crippen LogP contribution >= 0.6 is 0 Å². The Morgan fingerprint density at radius 3 is 2.20 bits per heavy atom. The Bertz CT molecular complexity index is 580. The van der Waals surface area contributed by atoms with Crippen LogP contribution in [0.25, 0.3) is 0 Å². The SMILES string of the molecule is CC1(C)CC(=O)C2(O[C@H]2C(=O)c2ccccc2)C(=O)C1. The highest BCUT2D eigenvalue weighted by molar-refractivity contribution is 6.22. The minimum atomic E-state index is -1.48. The van der Waals surface area contributed by atoms with Crippen molar-refractivity contribution >= 4 is 17.3 Å². The van der Waals surface area contributed by atoms with Crippen LogP contribution in [-0.2, 0) is 14.3 Å². The summed E-state index contributed by atoms with van der Waals surface area (Å²) in [5.74, 6) is -0.798. The van der Waals surface area contributed by atoms with Gasteiger partial charge in [0.05, 0.1) is 0 Å². The lowest BCUT2D eigenvalue weighted by Gasteiger charge is -2.30. The van der Waals surface area contributed by atoms with Crippen LogP contribution in [0.15, 0.2) is 30.3 Å². The molecule has 1 aromatic rings. The maximum absolute atomic E-state index is 12.3. The number of benzene rings is 1. The molecular formula is C16H16O4. The van der Waals surface area contributed by atoms with Crippen LogP contribution in [0.2, 0.25) is 0 Å². The van der Waals surface area contributed by atoms with Crippen molar-refractivity contribution in [1.82, 2.24) is 0 Å². The number of ether oxygens (including phenoxy) is 1. The molecule has 104 valence electrons. The van der Waals surface area contributed by atoms with E-state index in [1.807, 2.05) is 13.8 Å². The lowest BCUT2D eigenvalue weighted by molar-refractivity contribution is -0.141. The Morgan fingerprint density at radius 2 is 1.65 bits per heavy atom. The van der Waals surface area contributed by atoms with Crippen molar-refractivity contribution in [1.29, 1.82) is 0 Å². The number of hydrogen-bond donors (Lipinski definition) is 0. The highest BCUT2D eigenvalue weighted by atomic mass is 16.6. The first-order valence-corrected chi connectivity index (χ1v) is 6.70. The Kier molecular flexibility index (Phi) is 2.70. The predicted molar refractivity (Wildman–Crippen MR) is 71.4 cm³/mol. The van der Waals surface area contributed by atoms with Gasteiger partial charge in [0.2, 0.25) is 5.60 Å². The molecule has 2 fully saturated rings. The van der Waals surface area contributed by atoms with Crippen LogP contribution in [0.3, 0.4) is 0 Å². The second-order valence-corrected chi connectivity index (χ2v) is 6.33. The first-order valence-electron chi connectivity index (χ1n) is 6.70. The Morgan fingerprint density at radius 1 is 1.10 bits per heavy atom. The molecule has 1 aromatic carbocycles. The summed E-state index contributed by atoms with van der Waals surface area (Å²) >= 11 is 0. The van der Waals surface area contributed by atoms with Crippen LogP contribution in [0.5, 0.6) is 0 Å². The number of carbonyl (C=O) groups excluding carboxylic acids is 3. The Labute approximate surface area is 117 Å². The van der Waals surface area contributed by atoms with Crippen LogP contribution in [0.4, 0.5) is 0 Å². The Balaban J connectivity index is 1.86. The van der Waals surface area contributed by atoms with E-state index < -0.39 is 11.7 Å². The zero-order valence-electron chi connectivity index (χ0n) is 11.5. The molecule has 1 atom stereocenters. The van der Waals surface area contributed by atoms with E-state index in [0.717, 1.165) is 0 Å². The summed E-state index contributed by atoms with van der Waals surface area (Å²) in [6.45, 7) is 3.76. The number of epoxide rings is 1. The number of ketones is 3. The van der Waals surface area contributed by atoms with Crippen molar-refractivity contribution in [3.63, 3.8) is 0 Å². The summed E-state index contributed by atoms with van der Waals surface area (Å²) < 4.78 is 5.33. The van der Waals surface area contributed by atoms with Gasteiger partial charge < -0.3 is 4.74 Å². The van der Waals surface area contributed by atoms with Crippen molar-refractivity contribution in [3.8, 4) is 0 Å². The molecule has 20 heavy (non-hydrogen) atoms. The zero-order chi connectivity index (χ0) is 14.5. The first kappa shape index (κ1) is 13.2. The molecule has 1 aliphatic carbocycles. The van der Waals surface area contributed by atoms with Gasteiger partial charge in [-0.1, -0.05) is 44.2 Å².